The molecule has 10 rings (SSSR count). The first kappa shape index (κ1) is 30.1. The fourth-order valence-electron chi connectivity index (χ4n) is 7.90. The Hall–Kier alpha value is -5.73. The molecular weight excluding hydrogens is 752 g/mol. The number of hydrogen-bond donors (Lipinski definition) is 0. The van der Waals surface area contributed by atoms with Crippen molar-refractivity contribution in [2.75, 3.05) is 0 Å². The van der Waals surface area contributed by atoms with Crippen molar-refractivity contribution in [3.05, 3.63) is 167 Å². The third-order valence-electron chi connectivity index (χ3n) is 10.1. The van der Waals surface area contributed by atoms with Crippen LogP contribution in [-0.2, 0) is 0 Å². The number of hydrogen-bond acceptors (Lipinski definition) is 1. The molecule has 0 radical (unpaired) electrons. The van der Waals surface area contributed by atoms with Crippen LogP contribution in [0, 0.1) is 21.0 Å². The van der Waals surface area contributed by atoms with E-state index in [2.05, 4.69) is 42.5 Å². The SMILES string of the molecule is Fc1c(I)c(F)c2c(-c3ccccc3)c3c(c(-c4ccccc4)c2c1F)-c1cccc2c(-c4ccc(-c5cn6ccccc6n5)cc4)ccc-3c12. The molecule has 7 aromatic carbocycles. The fraction of sp³-hybridized carbons (Fsp3) is 0. The number of nitrogens with zero attached hydrogens (tertiary/aromatic N) is 2. The third-order valence-corrected chi connectivity index (χ3v) is 11.0. The molecule has 0 atom stereocenters. The maximum absolute atomic E-state index is 16.7. The van der Waals surface area contributed by atoms with E-state index in [-0.39, 0.29) is 14.3 Å². The van der Waals surface area contributed by atoms with Gasteiger partial charge in [-0.1, -0.05) is 121 Å². The summed E-state index contributed by atoms with van der Waals surface area (Å²) in [5.41, 5.74) is 10.7. The molecule has 0 saturated carbocycles. The Morgan fingerprint density at radius 2 is 1.04 bits per heavy atom. The van der Waals surface area contributed by atoms with E-state index in [4.69, 9.17) is 4.98 Å². The first-order valence-corrected chi connectivity index (χ1v) is 17.6. The minimum atomic E-state index is -1.18. The molecule has 0 aliphatic heterocycles. The van der Waals surface area contributed by atoms with Crippen LogP contribution < -0.4 is 0 Å². The number of fused-ring (bicyclic) bond motifs is 5. The van der Waals surface area contributed by atoms with Crippen molar-refractivity contribution >= 4 is 49.8 Å². The van der Waals surface area contributed by atoms with E-state index in [9.17, 15) is 0 Å². The summed E-state index contributed by atoms with van der Waals surface area (Å²) in [5.74, 6) is -3.00. The van der Waals surface area contributed by atoms with Crippen LogP contribution in [-0.4, -0.2) is 9.38 Å². The zero-order valence-electron chi connectivity index (χ0n) is 26.8. The predicted molar refractivity (Wildman–Crippen MR) is 209 cm³/mol. The largest absolute Gasteiger partial charge is 0.306 e. The van der Waals surface area contributed by atoms with Crippen LogP contribution in [0.5, 0.6) is 0 Å². The smallest absolute Gasteiger partial charge is 0.175 e. The predicted octanol–water partition coefficient (Wildman–Crippen LogP) is 13.0. The second-order valence-electron chi connectivity index (χ2n) is 12.8. The second kappa shape index (κ2) is 11.4. The molecule has 9 aromatic rings. The molecule has 0 amide bonds. The minimum absolute atomic E-state index is 0.0539. The summed E-state index contributed by atoms with van der Waals surface area (Å²) in [4.78, 5) is 4.79. The van der Waals surface area contributed by atoms with Crippen LogP contribution >= 0.6 is 22.6 Å². The van der Waals surface area contributed by atoms with Gasteiger partial charge in [-0.3, -0.25) is 0 Å². The van der Waals surface area contributed by atoms with E-state index < -0.39 is 17.5 Å². The zero-order chi connectivity index (χ0) is 34.4. The topological polar surface area (TPSA) is 17.3 Å². The first-order chi connectivity index (χ1) is 25.0. The molecule has 0 spiro atoms. The second-order valence-corrected chi connectivity index (χ2v) is 13.9. The highest BCUT2D eigenvalue weighted by Gasteiger charge is 2.35. The lowest BCUT2D eigenvalue weighted by atomic mass is 9.82. The van der Waals surface area contributed by atoms with Crippen LogP contribution in [0.3, 0.4) is 0 Å². The molecule has 6 heteroatoms. The van der Waals surface area contributed by atoms with Crippen LogP contribution in [0.1, 0.15) is 0 Å². The quantitative estimate of drug-likeness (QED) is 0.0988. The molecule has 0 unspecified atom stereocenters. The number of benzene rings is 7. The fourth-order valence-corrected chi connectivity index (χ4v) is 8.40. The van der Waals surface area contributed by atoms with Crippen molar-refractivity contribution in [2.24, 2.45) is 0 Å². The summed E-state index contributed by atoms with van der Waals surface area (Å²) in [7, 11) is 0. The van der Waals surface area contributed by atoms with Crippen molar-refractivity contribution in [1.29, 1.82) is 0 Å². The highest BCUT2D eigenvalue weighted by atomic mass is 127. The molecule has 2 aromatic heterocycles. The van der Waals surface area contributed by atoms with Gasteiger partial charge in [-0.2, -0.15) is 0 Å². The standard InChI is InChI=1S/C45H24F3IN2/c46-42-40-35(27-10-3-1-4-11-27)38-31-15-9-14-30-29(25-17-19-26(20-18-25)33-24-51-23-8-7-16-34(51)50-33)21-22-32(37(30)31)39(38)36(28-12-5-2-6-13-28)41(40)43(47)45(49)44(42)48/h1-24H. The lowest BCUT2D eigenvalue weighted by Gasteiger charge is -2.22. The normalized spacial score (nSPS) is 11.9. The number of pyridine rings is 1. The molecule has 0 saturated heterocycles. The molecule has 0 fully saturated rings. The van der Waals surface area contributed by atoms with Gasteiger partial charge in [0.2, 0.25) is 0 Å². The van der Waals surface area contributed by atoms with Crippen molar-refractivity contribution in [3.8, 4) is 66.9 Å². The monoisotopic (exact) mass is 776 g/mol. The first-order valence-electron chi connectivity index (χ1n) is 16.6. The summed E-state index contributed by atoms with van der Waals surface area (Å²) in [6.45, 7) is 0. The zero-order valence-corrected chi connectivity index (χ0v) is 28.9. The average molecular weight is 777 g/mol. The Morgan fingerprint density at radius 1 is 0.451 bits per heavy atom. The van der Waals surface area contributed by atoms with Crippen molar-refractivity contribution < 1.29 is 13.2 Å². The van der Waals surface area contributed by atoms with E-state index in [1.54, 1.807) is 22.6 Å². The van der Waals surface area contributed by atoms with Crippen LogP contribution in [0.2, 0.25) is 0 Å². The van der Waals surface area contributed by atoms with Gasteiger partial charge in [-0.15, -0.1) is 0 Å². The minimum Gasteiger partial charge on any atom is -0.306 e. The van der Waals surface area contributed by atoms with Crippen LogP contribution in [0.4, 0.5) is 13.2 Å². The summed E-state index contributed by atoms with van der Waals surface area (Å²) in [6, 6.07) is 43.6. The lowest BCUT2D eigenvalue weighted by molar-refractivity contribution is 0.498. The van der Waals surface area contributed by atoms with Crippen molar-refractivity contribution in [2.45, 2.75) is 0 Å². The highest BCUT2D eigenvalue weighted by Crippen LogP contribution is 2.59. The molecule has 0 N–H and O–H groups in total. The molecule has 51 heavy (non-hydrogen) atoms. The summed E-state index contributed by atoms with van der Waals surface area (Å²) < 4.78 is 50.4. The van der Waals surface area contributed by atoms with Gasteiger partial charge in [-0.25, -0.2) is 18.2 Å². The number of aromatic nitrogens is 2. The van der Waals surface area contributed by atoms with Crippen LogP contribution in [0.15, 0.2) is 146 Å². The van der Waals surface area contributed by atoms with Crippen molar-refractivity contribution in [1.82, 2.24) is 9.38 Å². The molecule has 1 aliphatic carbocycles. The molecule has 2 heterocycles. The number of imidazole rings is 1. The summed E-state index contributed by atoms with van der Waals surface area (Å²) >= 11 is 1.58. The molecule has 2 nitrogen and oxygen atoms in total. The van der Waals surface area contributed by atoms with E-state index in [0.717, 1.165) is 66.6 Å². The van der Waals surface area contributed by atoms with Crippen molar-refractivity contribution in [3.63, 3.8) is 0 Å². The average Bonchev–Trinajstić information content (AvgIpc) is 3.77. The Balaban J connectivity index is 1.28. The molecule has 0 bridgehead atoms. The number of rotatable bonds is 4. The van der Waals surface area contributed by atoms with Gasteiger partial charge in [-0.05, 0) is 90.0 Å². The van der Waals surface area contributed by atoms with E-state index >= 15 is 13.2 Å². The van der Waals surface area contributed by atoms with E-state index in [0.29, 0.717) is 16.7 Å². The molecule has 242 valence electrons. The highest BCUT2D eigenvalue weighted by molar-refractivity contribution is 14.1. The van der Waals surface area contributed by atoms with E-state index in [1.165, 1.54) is 0 Å². The maximum Gasteiger partial charge on any atom is 0.175 e. The summed E-state index contributed by atoms with van der Waals surface area (Å²) in [5, 5.41) is 2.04. The maximum atomic E-state index is 16.7. The number of halogens is 4. The Kier molecular flexibility index (Phi) is 6.73. The molecule has 1 aliphatic rings. The van der Waals surface area contributed by atoms with Gasteiger partial charge in [0.15, 0.2) is 11.6 Å². The lowest BCUT2D eigenvalue weighted by Crippen LogP contribution is -2.03. The van der Waals surface area contributed by atoms with Gasteiger partial charge in [0.1, 0.15) is 11.5 Å². The van der Waals surface area contributed by atoms with Gasteiger partial charge in [0.05, 0.1) is 9.26 Å². The van der Waals surface area contributed by atoms with Gasteiger partial charge >= 0.3 is 0 Å². The Bertz CT molecular complexity index is 2740. The molecular formula is C45H24F3IN2. The van der Waals surface area contributed by atoms with E-state index in [1.807, 2.05) is 108 Å². The Morgan fingerprint density at radius 3 is 1.71 bits per heavy atom. The third kappa shape index (κ3) is 4.39. The van der Waals surface area contributed by atoms with Crippen LogP contribution in [0.25, 0.3) is 94.1 Å². The van der Waals surface area contributed by atoms with Gasteiger partial charge < -0.3 is 4.40 Å². The van der Waals surface area contributed by atoms with Gasteiger partial charge in [0.25, 0.3) is 0 Å². The van der Waals surface area contributed by atoms with Gasteiger partial charge in [0, 0.05) is 39.9 Å². The summed E-state index contributed by atoms with van der Waals surface area (Å²) in [6.07, 6.45) is 4.01. The Labute approximate surface area is 304 Å².